The molecule has 1 aliphatic rings. The van der Waals surface area contributed by atoms with Gasteiger partial charge in [0.15, 0.2) is 0 Å². The standard InChI is InChI=1S/C15H24N2/c1-13(2)15-7-5-4-6-14(15)12-17-10-8-16(3)9-11-17/h4-7,13H,8-12H2,1-3H3. The molecule has 0 aliphatic carbocycles. The van der Waals surface area contributed by atoms with Crippen LogP contribution in [-0.4, -0.2) is 43.0 Å². The Bertz CT molecular complexity index is 352. The van der Waals surface area contributed by atoms with Crippen LogP contribution in [0.2, 0.25) is 0 Å². The molecule has 0 atom stereocenters. The summed E-state index contributed by atoms with van der Waals surface area (Å²) < 4.78 is 0. The highest BCUT2D eigenvalue weighted by Gasteiger charge is 2.15. The van der Waals surface area contributed by atoms with Gasteiger partial charge in [-0.25, -0.2) is 0 Å². The van der Waals surface area contributed by atoms with E-state index in [0.717, 1.165) is 6.54 Å². The lowest BCUT2D eigenvalue weighted by molar-refractivity contribution is 0.148. The van der Waals surface area contributed by atoms with Crippen LogP contribution < -0.4 is 0 Å². The Kier molecular flexibility index (Phi) is 4.19. The van der Waals surface area contributed by atoms with Crippen LogP contribution in [0.1, 0.15) is 30.9 Å². The third kappa shape index (κ3) is 3.30. The maximum Gasteiger partial charge on any atom is 0.0237 e. The Balaban J connectivity index is 2.03. The molecule has 1 aliphatic heterocycles. The Morgan fingerprint density at radius 1 is 1.06 bits per heavy atom. The van der Waals surface area contributed by atoms with Crippen molar-refractivity contribution >= 4 is 0 Å². The van der Waals surface area contributed by atoms with E-state index in [1.807, 2.05) is 0 Å². The smallest absolute Gasteiger partial charge is 0.0237 e. The van der Waals surface area contributed by atoms with Crippen molar-refractivity contribution < 1.29 is 0 Å². The van der Waals surface area contributed by atoms with Crippen molar-refractivity contribution in [3.8, 4) is 0 Å². The topological polar surface area (TPSA) is 6.48 Å². The summed E-state index contributed by atoms with van der Waals surface area (Å²) in [7, 11) is 2.21. The molecule has 0 radical (unpaired) electrons. The van der Waals surface area contributed by atoms with E-state index >= 15 is 0 Å². The minimum absolute atomic E-state index is 0.624. The molecule has 2 heteroatoms. The van der Waals surface area contributed by atoms with Gasteiger partial charge in [0.2, 0.25) is 0 Å². The van der Waals surface area contributed by atoms with Gasteiger partial charge in [-0.05, 0) is 24.1 Å². The van der Waals surface area contributed by atoms with Crippen molar-refractivity contribution in [2.45, 2.75) is 26.3 Å². The maximum absolute atomic E-state index is 2.57. The van der Waals surface area contributed by atoms with E-state index in [4.69, 9.17) is 0 Å². The van der Waals surface area contributed by atoms with Gasteiger partial charge in [-0.15, -0.1) is 0 Å². The summed E-state index contributed by atoms with van der Waals surface area (Å²) in [6, 6.07) is 8.88. The zero-order valence-electron chi connectivity index (χ0n) is 11.3. The molecule has 0 amide bonds. The lowest BCUT2D eigenvalue weighted by Gasteiger charge is -2.33. The first kappa shape index (κ1) is 12.6. The second-order valence-corrected chi connectivity index (χ2v) is 5.43. The number of likely N-dealkylation sites (N-methyl/N-ethyl adjacent to an activating group) is 1. The first-order valence-corrected chi connectivity index (χ1v) is 6.65. The predicted octanol–water partition coefficient (Wildman–Crippen LogP) is 2.56. The Hall–Kier alpha value is -0.860. The normalized spacial score (nSPS) is 18.8. The zero-order valence-corrected chi connectivity index (χ0v) is 11.3. The predicted molar refractivity (Wildman–Crippen MR) is 73.3 cm³/mol. The molecular formula is C15H24N2. The van der Waals surface area contributed by atoms with E-state index in [1.165, 1.54) is 37.3 Å². The van der Waals surface area contributed by atoms with Crippen LogP contribution in [0.25, 0.3) is 0 Å². The third-order valence-corrected chi connectivity index (χ3v) is 3.67. The summed E-state index contributed by atoms with van der Waals surface area (Å²) in [5, 5.41) is 0. The molecule has 1 heterocycles. The summed E-state index contributed by atoms with van der Waals surface area (Å²) in [5.41, 5.74) is 3.01. The fourth-order valence-electron chi connectivity index (χ4n) is 2.49. The fourth-order valence-corrected chi connectivity index (χ4v) is 2.49. The molecule has 2 nitrogen and oxygen atoms in total. The quantitative estimate of drug-likeness (QED) is 0.790. The first-order chi connectivity index (χ1) is 8.16. The number of nitrogens with zero attached hydrogens (tertiary/aromatic N) is 2. The molecule has 0 unspecified atom stereocenters. The van der Waals surface area contributed by atoms with Gasteiger partial charge in [-0.2, -0.15) is 0 Å². The monoisotopic (exact) mass is 232 g/mol. The molecule has 2 rings (SSSR count). The molecule has 0 saturated carbocycles. The minimum atomic E-state index is 0.624. The van der Waals surface area contributed by atoms with E-state index in [0.29, 0.717) is 5.92 Å². The molecule has 0 spiro atoms. The molecule has 0 bridgehead atoms. The molecule has 17 heavy (non-hydrogen) atoms. The number of piperazine rings is 1. The SMILES string of the molecule is CC(C)c1ccccc1CN1CCN(C)CC1. The molecule has 1 saturated heterocycles. The average molecular weight is 232 g/mol. The number of hydrogen-bond acceptors (Lipinski definition) is 2. The van der Waals surface area contributed by atoms with Crippen molar-refractivity contribution in [3.63, 3.8) is 0 Å². The van der Waals surface area contributed by atoms with Crippen molar-refractivity contribution in [2.75, 3.05) is 33.2 Å². The number of benzene rings is 1. The van der Waals surface area contributed by atoms with Crippen LogP contribution in [0.4, 0.5) is 0 Å². The molecule has 1 fully saturated rings. The largest absolute Gasteiger partial charge is 0.304 e. The fraction of sp³-hybridized carbons (Fsp3) is 0.600. The lowest BCUT2D eigenvalue weighted by atomic mass is 9.97. The van der Waals surface area contributed by atoms with Gasteiger partial charge in [0.25, 0.3) is 0 Å². The molecule has 0 aromatic heterocycles. The van der Waals surface area contributed by atoms with E-state index < -0.39 is 0 Å². The number of hydrogen-bond donors (Lipinski definition) is 0. The van der Waals surface area contributed by atoms with E-state index in [9.17, 15) is 0 Å². The minimum Gasteiger partial charge on any atom is -0.304 e. The van der Waals surface area contributed by atoms with Gasteiger partial charge in [0, 0.05) is 32.7 Å². The van der Waals surface area contributed by atoms with Crippen LogP contribution >= 0.6 is 0 Å². The molecule has 0 N–H and O–H groups in total. The van der Waals surface area contributed by atoms with Gasteiger partial charge in [0.05, 0.1) is 0 Å². The molecule has 1 aromatic carbocycles. The zero-order chi connectivity index (χ0) is 12.3. The Morgan fingerprint density at radius 2 is 1.71 bits per heavy atom. The van der Waals surface area contributed by atoms with Crippen molar-refractivity contribution in [1.82, 2.24) is 9.80 Å². The highest BCUT2D eigenvalue weighted by Crippen LogP contribution is 2.20. The molecule has 94 valence electrons. The summed E-state index contributed by atoms with van der Waals surface area (Å²) in [4.78, 5) is 4.98. The Morgan fingerprint density at radius 3 is 2.35 bits per heavy atom. The van der Waals surface area contributed by atoms with Crippen LogP contribution in [0.5, 0.6) is 0 Å². The summed E-state index contributed by atoms with van der Waals surface area (Å²) >= 11 is 0. The summed E-state index contributed by atoms with van der Waals surface area (Å²) in [5.74, 6) is 0.624. The van der Waals surface area contributed by atoms with Gasteiger partial charge < -0.3 is 4.90 Å². The van der Waals surface area contributed by atoms with Crippen LogP contribution in [0.15, 0.2) is 24.3 Å². The van der Waals surface area contributed by atoms with Crippen LogP contribution in [0.3, 0.4) is 0 Å². The second kappa shape index (κ2) is 5.65. The summed E-state index contributed by atoms with van der Waals surface area (Å²) in [6.07, 6.45) is 0. The molecule has 1 aromatic rings. The van der Waals surface area contributed by atoms with Crippen molar-refractivity contribution in [1.29, 1.82) is 0 Å². The van der Waals surface area contributed by atoms with Gasteiger partial charge in [0.1, 0.15) is 0 Å². The van der Waals surface area contributed by atoms with Crippen LogP contribution in [0, 0.1) is 0 Å². The summed E-state index contributed by atoms with van der Waals surface area (Å²) in [6.45, 7) is 10.5. The molecular weight excluding hydrogens is 208 g/mol. The first-order valence-electron chi connectivity index (χ1n) is 6.65. The highest BCUT2D eigenvalue weighted by molar-refractivity contribution is 5.29. The lowest BCUT2D eigenvalue weighted by Crippen LogP contribution is -2.44. The second-order valence-electron chi connectivity index (χ2n) is 5.43. The Labute approximate surface area is 105 Å². The van der Waals surface area contributed by atoms with E-state index in [1.54, 1.807) is 0 Å². The highest BCUT2D eigenvalue weighted by atomic mass is 15.2. The third-order valence-electron chi connectivity index (χ3n) is 3.67. The van der Waals surface area contributed by atoms with Gasteiger partial charge in [-0.3, -0.25) is 4.90 Å². The van der Waals surface area contributed by atoms with Crippen molar-refractivity contribution in [2.24, 2.45) is 0 Å². The van der Waals surface area contributed by atoms with E-state index in [2.05, 4.69) is 55.0 Å². The van der Waals surface area contributed by atoms with Crippen molar-refractivity contribution in [3.05, 3.63) is 35.4 Å². The van der Waals surface area contributed by atoms with Gasteiger partial charge in [-0.1, -0.05) is 38.1 Å². The maximum atomic E-state index is 2.57. The number of rotatable bonds is 3. The average Bonchev–Trinajstić information content (AvgIpc) is 2.32. The van der Waals surface area contributed by atoms with Crippen LogP contribution in [-0.2, 0) is 6.54 Å². The van der Waals surface area contributed by atoms with E-state index in [-0.39, 0.29) is 0 Å². The van der Waals surface area contributed by atoms with Gasteiger partial charge >= 0.3 is 0 Å².